The van der Waals surface area contributed by atoms with Crippen LogP contribution >= 0.6 is 15.9 Å². The van der Waals surface area contributed by atoms with Crippen molar-refractivity contribution in [1.82, 2.24) is 0 Å². The number of methoxy groups -OCH3 is 1. The second-order valence-corrected chi connectivity index (χ2v) is 4.01. The van der Waals surface area contributed by atoms with Crippen molar-refractivity contribution < 1.29 is 14.3 Å². The number of hydrogen-bond acceptors (Lipinski definition) is 3. The predicted octanol–water partition coefficient (Wildman–Crippen LogP) is 2.29. The van der Waals surface area contributed by atoms with E-state index in [1.165, 1.54) is 7.11 Å². The summed E-state index contributed by atoms with van der Waals surface area (Å²) in [7, 11) is 1.34. The average molecular weight is 285 g/mol. The minimum absolute atomic E-state index is 0.0377. The van der Waals surface area contributed by atoms with Gasteiger partial charge in [0.2, 0.25) is 0 Å². The lowest BCUT2D eigenvalue weighted by Gasteiger charge is -2.09. The molecule has 1 aromatic rings. The lowest BCUT2D eigenvalue weighted by atomic mass is 9.98. The van der Waals surface area contributed by atoms with Crippen molar-refractivity contribution in [3.8, 4) is 0 Å². The van der Waals surface area contributed by atoms with E-state index in [0.717, 1.165) is 11.1 Å². The maximum Gasteiger partial charge on any atom is 0.338 e. The maximum absolute atomic E-state index is 11.6. The van der Waals surface area contributed by atoms with Crippen molar-refractivity contribution in [1.29, 1.82) is 0 Å². The Morgan fingerprint density at radius 3 is 2.62 bits per heavy atom. The fourth-order valence-electron chi connectivity index (χ4n) is 1.53. The molecule has 0 aliphatic carbocycles. The topological polar surface area (TPSA) is 43.4 Å². The molecule has 0 saturated carbocycles. The van der Waals surface area contributed by atoms with E-state index < -0.39 is 5.97 Å². The van der Waals surface area contributed by atoms with Gasteiger partial charge in [-0.1, -0.05) is 34.1 Å². The Bertz CT molecular complexity index is 413. The molecule has 0 saturated heterocycles. The van der Waals surface area contributed by atoms with Crippen molar-refractivity contribution in [3.05, 3.63) is 34.9 Å². The van der Waals surface area contributed by atoms with E-state index in [2.05, 4.69) is 15.9 Å². The van der Waals surface area contributed by atoms with Crippen LogP contribution in [-0.2, 0) is 16.0 Å². The van der Waals surface area contributed by atoms with E-state index in [4.69, 9.17) is 4.74 Å². The Kier molecular flexibility index (Phi) is 4.68. The van der Waals surface area contributed by atoms with Gasteiger partial charge in [-0.3, -0.25) is 4.79 Å². The van der Waals surface area contributed by atoms with Crippen LogP contribution in [0.5, 0.6) is 0 Å². The molecule has 16 heavy (non-hydrogen) atoms. The number of carbonyl (C=O) groups excluding carboxylic acids is 2. The highest BCUT2D eigenvalue weighted by Gasteiger charge is 2.16. The van der Waals surface area contributed by atoms with E-state index >= 15 is 0 Å². The Balaban J connectivity index is 3.12. The molecule has 0 radical (unpaired) electrons. The zero-order chi connectivity index (χ0) is 12.1. The largest absolute Gasteiger partial charge is 0.465 e. The van der Waals surface area contributed by atoms with Crippen LogP contribution in [0.25, 0.3) is 0 Å². The SMILES string of the molecule is COC(=O)c1c(C)cccc1CC(=O)CBr. The van der Waals surface area contributed by atoms with Crippen LogP contribution in [0.15, 0.2) is 18.2 Å². The summed E-state index contributed by atoms with van der Waals surface area (Å²) in [5.74, 6) is -0.355. The summed E-state index contributed by atoms with van der Waals surface area (Å²) in [5.41, 5.74) is 2.04. The van der Waals surface area contributed by atoms with Crippen LogP contribution in [0.4, 0.5) is 0 Å². The van der Waals surface area contributed by atoms with E-state index in [1.54, 1.807) is 6.07 Å². The highest BCUT2D eigenvalue weighted by molar-refractivity contribution is 9.09. The number of Topliss-reactive ketones (excluding diaryl/α,β-unsaturated/α-hetero) is 1. The fraction of sp³-hybridized carbons (Fsp3) is 0.333. The van der Waals surface area contributed by atoms with Gasteiger partial charge in [0.05, 0.1) is 18.0 Å². The summed E-state index contributed by atoms with van der Waals surface area (Å²) in [4.78, 5) is 22.9. The Labute approximate surface area is 103 Å². The zero-order valence-electron chi connectivity index (χ0n) is 9.25. The van der Waals surface area contributed by atoms with E-state index in [9.17, 15) is 9.59 Å². The van der Waals surface area contributed by atoms with Gasteiger partial charge < -0.3 is 4.74 Å². The van der Waals surface area contributed by atoms with Crippen LogP contribution < -0.4 is 0 Å². The number of esters is 1. The standard InChI is InChI=1S/C12H13BrO3/c1-8-4-3-5-9(6-10(14)7-13)11(8)12(15)16-2/h3-5H,6-7H2,1-2H3. The number of hydrogen-bond donors (Lipinski definition) is 0. The molecule has 0 heterocycles. The third-order valence-electron chi connectivity index (χ3n) is 2.29. The minimum Gasteiger partial charge on any atom is -0.465 e. The Hall–Kier alpha value is -1.16. The molecule has 4 heteroatoms. The second-order valence-electron chi connectivity index (χ2n) is 3.45. The summed E-state index contributed by atoms with van der Waals surface area (Å²) in [6.45, 7) is 1.83. The number of aryl methyl sites for hydroxylation is 1. The van der Waals surface area contributed by atoms with Gasteiger partial charge >= 0.3 is 5.97 Å². The highest BCUT2D eigenvalue weighted by Crippen LogP contribution is 2.16. The first-order valence-corrected chi connectivity index (χ1v) is 5.96. The number of benzene rings is 1. The molecule has 0 bridgehead atoms. The van der Waals surface area contributed by atoms with E-state index in [0.29, 0.717) is 10.9 Å². The van der Waals surface area contributed by atoms with Gasteiger partial charge in [0.1, 0.15) is 5.78 Å². The van der Waals surface area contributed by atoms with Gasteiger partial charge in [-0.25, -0.2) is 4.79 Å². The lowest BCUT2D eigenvalue weighted by molar-refractivity contribution is -0.115. The van der Waals surface area contributed by atoms with Gasteiger partial charge in [-0.15, -0.1) is 0 Å². The molecule has 86 valence electrons. The maximum atomic E-state index is 11.6. The molecule has 0 amide bonds. The molecule has 0 fully saturated rings. The molecular formula is C12H13BrO3. The summed E-state index contributed by atoms with van der Waals surface area (Å²) in [5, 5.41) is 0.293. The number of ketones is 1. The number of ether oxygens (including phenoxy) is 1. The normalized spacial score (nSPS) is 9.94. The number of rotatable bonds is 4. The van der Waals surface area contributed by atoms with Crippen LogP contribution in [0.2, 0.25) is 0 Å². The van der Waals surface area contributed by atoms with Crippen molar-refractivity contribution >= 4 is 27.7 Å². The van der Waals surface area contributed by atoms with Crippen molar-refractivity contribution in [2.45, 2.75) is 13.3 Å². The average Bonchev–Trinajstić information content (AvgIpc) is 2.28. The minimum atomic E-state index is -0.393. The third-order valence-corrected chi connectivity index (χ3v) is 2.91. The molecule has 1 rings (SSSR count). The first-order chi connectivity index (χ1) is 7.60. The first kappa shape index (κ1) is 12.9. The molecule has 0 aromatic heterocycles. The molecule has 1 aromatic carbocycles. The van der Waals surface area contributed by atoms with Gasteiger partial charge in [0.15, 0.2) is 0 Å². The number of halogens is 1. The summed E-state index contributed by atoms with van der Waals surface area (Å²) >= 11 is 3.10. The van der Waals surface area contributed by atoms with Crippen molar-refractivity contribution in [2.24, 2.45) is 0 Å². The van der Waals surface area contributed by atoms with Crippen LogP contribution in [0.3, 0.4) is 0 Å². The van der Waals surface area contributed by atoms with Gasteiger partial charge in [0, 0.05) is 6.42 Å². The van der Waals surface area contributed by atoms with Crippen molar-refractivity contribution in [3.63, 3.8) is 0 Å². The fourth-order valence-corrected chi connectivity index (χ4v) is 1.73. The molecule has 0 unspecified atom stereocenters. The van der Waals surface area contributed by atoms with Gasteiger partial charge in [0.25, 0.3) is 0 Å². The quantitative estimate of drug-likeness (QED) is 0.629. The Morgan fingerprint density at radius 1 is 1.38 bits per heavy atom. The molecule has 3 nitrogen and oxygen atoms in total. The van der Waals surface area contributed by atoms with Crippen molar-refractivity contribution in [2.75, 3.05) is 12.4 Å². The molecule has 0 atom stereocenters. The molecule has 0 N–H and O–H groups in total. The van der Waals surface area contributed by atoms with Crippen LogP contribution in [-0.4, -0.2) is 24.2 Å². The third kappa shape index (κ3) is 2.92. The monoisotopic (exact) mass is 284 g/mol. The summed E-state index contributed by atoms with van der Waals surface area (Å²) < 4.78 is 4.71. The van der Waals surface area contributed by atoms with Crippen LogP contribution in [0, 0.1) is 6.92 Å². The molecular weight excluding hydrogens is 272 g/mol. The molecule has 0 aliphatic heterocycles. The predicted molar refractivity (Wildman–Crippen MR) is 65.0 cm³/mol. The highest BCUT2D eigenvalue weighted by atomic mass is 79.9. The van der Waals surface area contributed by atoms with Crippen LogP contribution in [0.1, 0.15) is 21.5 Å². The lowest BCUT2D eigenvalue weighted by Crippen LogP contribution is -2.12. The smallest absolute Gasteiger partial charge is 0.338 e. The number of carbonyl (C=O) groups is 2. The summed E-state index contributed by atoms with van der Waals surface area (Å²) in [6, 6.07) is 5.44. The Morgan fingerprint density at radius 2 is 2.06 bits per heavy atom. The van der Waals surface area contributed by atoms with E-state index in [1.807, 2.05) is 19.1 Å². The van der Waals surface area contributed by atoms with Gasteiger partial charge in [-0.2, -0.15) is 0 Å². The number of alkyl halides is 1. The van der Waals surface area contributed by atoms with Gasteiger partial charge in [-0.05, 0) is 18.1 Å². The second kappa shape index (κ2) is 5.80. The molecule has 0 spiro atoms. The van der Waals surface area contributed by atoms with E-state index in [-0.39, 0.29) is 12.2 Å². The molecule has 0 aliphatic rings. The first-order valence-electron chi connectivity index (χ1n) is 4.84. The summed E-state index contributed by atoms with van der Waals surface area (Å²) in [6.07, 6.45) is 0.247. The zero-order valence-corrected chi connectivity index (χ0v) is 10.8.